The predicted molar refractivity (Wildman–Crippen MR) is 74.3 cm³/mol. The van der Waals surface area contributed by atoms with Crippen molar-refractivity contribution in [3.05, 3.63) is 34.6 Å². The van der Waals surface area contributed by atoms with Crippen LogP contribution in [0.3, 0.4) is 0 Å². The molecule has 1 aliphatic carbocycles. The van der Waals surface area contributed by atoms with E-state index in [1.165, 1.54) is 31.7 Å². The lowest BCUT2D eigenvalue weighted by atomic mass is 9.75. The third-order valence-corrected chi connectivity index (χ3v) is 4.62. The maximum atomic E-state index is 13.5. The zero-order valence-electron chi connectivity index (χ0n) is 10.7. The highest BCUT2D eigenvalue weighted by Crippen LogP contribution is 2.38. The summed E-state index contributed by atoms with van der Waals surface area (Å²) in [4.78, 5) is 0. The van der Waals surface area contributed by atoms with Gasteiger partial charge in [0.15, 0.2) is 0 Å². The van der Waals surface area contributed by atoms with Crippen molar-refractivity contribution in [2.75, 3.05) is 6.54 Å². The first kappa shape index (κ1) is 13.8. The molecule has 1 aromatic carbocycles. The van der Waals surface area contributed by atoms with E-state index in [9.17, 15) is 4.39 Å². The van der Waals surface area contributed by atoms with E-state index >= 15 is 0 Å². The lowest BCUT2D eigenvalue weighted by Crippen LogP contribution is -2.32. The molecule has 0 unspecified atom stereocenters. The Balaban J connectivity index is 2.21. The van der Waals surface area contributed by atoms with Gasteiger partial charge in [0.25, 0.3) is 0 Å². The molecular weight excluding hydrogens is 249 g/mol. The summed E-state index contributed by atoms with van der Waals surface area (Å²) in [6.07, 6.45) is 8.11. The smallest absolute Gasteiger partial charge is 0.142 e. The van der Waals surface area contributed by atoms with Gasteiger partial charge in [-0.3, -0.25) is 0 Å². The van der Waals surface area contributed by atoms with Crippen molar-refractivity contribution in [3.8, 4) is 0 Å². The molecule has 0 radical (unpaired) electrons. The van der Waals surface area contributed by atoms with Gasteiger partial charge in [-0.25, -0.2) is 4.39 Å². The van der Waals surface area contributed by atoms with Crippen LogP contribution in [-0.2, 0) is 6.42 Å². The molecule has 2 rings (SSSR count). The Morgan fingerprint density at radius 3 is 2.44 bits per heavy atom. The van der Waals surface area contributed by atoms with Gasteiger partial charge in [0.1, 0.15) is 5.82 Å². The second-order valence-electron chi connectivity index (χ2n) is 5.51. The maximum absolute atomic E-state index is 13.5. The van der Waals surface area contributed by atoms with Crippen LogP contribution < -0.4 is 5.73 Å². The molecule has 1 fully saturated rings. The molecule has 0 aromatic heterocycles. The fraction of sp³-hybridized carbons (Fsp3) is 0.600. The number of hydrogen-bond donors (Lipinski definition) is 1. The molecule has 0 aliphatic heterocycles. The van der Waals surface area contributed by atoms with E-state index in [0.717, 1.165) is 24.8 Å². The van der Waals surface area contributed by atoms with Gasteiger partial charge in [0.05, 0.1) is 5.02 Å². The van der Waals surface area contributed by atoms with E-state index in [0.29, 0.717) is 6.54 Å². The van der Waals surface area contributed by atoms with E-state index in [4.69, 9.17) is 17.3 Å². The first-order valence-electron chi connectivity index (χ1n) is 6.80. The normalized spacial score (nSPS) is 19.5. The molecule has 0 heterocycles. The lowest BCUT2D eigenvalue weighted by molar-refractivity contribution is 0.252. The maximum Gasteiger partial charge on any atom is 0.142 e. The Labute approximate surface area is 114 Å². The van der Waals surface area contributed by atoms with Crippen LogP contribution in [0.15, 0.2) is 18.2 Å². The summed E-state index contributed by atoms with van der Waals surface area (Å²) in [7, 11) is 0. The van der Waals surface area contributed by atoms with Crippen LogP contribution in [0.1, 0.15) is 44.1 Å². The van der Waals surface area contributed by atoms with Gasteiger partial charge >= 0.3 is 0 Å². The average Bonchev–Trinajstić information content (AvgIpc) is 2.61. The fourth-order valence-corrected chi connectivity index (χ4v) is 3.21. The summed E-state index contributed by atoms with van der Waals surface area (Å²) < 4.78 is 13.5. The molecule has 0 saturated heterocycles. The SMILES string of the molecule is NCC1(Cc2cccc(F)c2Cl)CCCCCC1. The molecule has 0 amide bonds. The Morgan fingerprint density at radius 2 is 1.83 bits per heavy atom. The van der Waals surface area contributed by atoms with Crippen molar-refractivity contribution in [3.63, 3.8) is 0 Å². The topological polar surface area (TPSA) is 26.0 Å². The molecule has 2 N–H and O–H groups in total. The summed E-state index contributed by atoms with van der Waals surface area (Å²) in [5, 5.41) is 0.273. The number of halogens is 2. The second kappa shape index (κ2) is 6.03. The van der Waals surface area contributed by atoms with Crippen LogP contribution >= 0.6 is 11.6 Å². The van der Waals surface area contributed by atoms with E-state index in [1.54, 1.807) is 6.07 Å². The number of hydrogen-bond acceptors (Lipinski definition) is 1. The van der Waals surface area contributed by atoms with Gasteiger partial charge in [0.2, 0.25) is 0 Å². The first-order valence-corrected chi connectivity index (χ1v) is 7.18. The molecular formula is C15H21ClFN. The molecule has 1 nitrogen and oxygen atoms in total. The fourth-order valence-electron chi connectivity index (χ4n) is 3.02. The highest BCUT2D eigenvalue weighted by Gasteiger charge is 2.30. The number of nitrogens with two attached hydrogens (primary N) is 1. The summed E-state index contributed by atoms with van der Waals surface area (Å²) in [5.41, 5.74) is 7.03. The van der Waals surface area contributed by atoms with Gasteiger partial charge < -0.3 is 5.73 Å². The molecule has 0 spiro atoms. The zero-order valence-corrected chi connectivity index (χ0v) is 11.5. The van der Waals surface area contributed by atoms with E-state index in [1.807, 2.05) is 6.07 Å². The molecule has 18 heavy (non-hydrogen) atoms. The number of rotatable bonds is 3. The van der Waals surface area contributed by atoms with Crippen LogP contribution in [0.5, 0.6) is 0 Å². The minimum absolute atomic E-state index is 0.119. The highest BCUT2D eigenvalue weighted by molar-refractivity contribution is 6.31. The number of benzene rings is 1. The molecule has 1 aliphatic rings. The van der Waals surface area contributed by atoms with Crippen molar-refractivity contribution in [2.45, 2.75) is 44.9 Å². The van der Waals surface area contributed by atoms with E-state index < -0.39 is 0 Å². The van der Waals surface area contributed by atoms with Crippen molar-refractivity contribution in [1.29, 1.82) is 0 Å². The Bertz CT molecular complexity index is 397. The van der Waals surface area contributed by atoms with Crippen molar-refractivity contribution in [1.82, 2.24) is 0 Å². The van der Waals surface area contributed by atoms with Crippen LogP contribution in [0, 0.1) is 11.2 Å². The molecule has 1 saturated carbocycles. The quantitative estimate of drug-likeness (QED) is 0.813. The third-order valence-electron chi connectivity index (χ3n) is 4.19. The van der Waals surface area contributed by atoms with Crippen molar-refractivity contribution in [2.24, 2.45) is 11.1 Å². The Morgan fingerprint density at radius 1 is 1.17 bits per heavy atom. The predicted octanol–water partition coefficient (Wildman–Crippen LogP) is 4.32. The van der Waals surface area contributed by atoms with Crippen molar-refractivity contribution >= 4 is 11.6 Å². The minimum Gasteiger partial charge on any atom is -0.330 e. The van der Waals surface area contributed by atoms with Gasteiger partial charge in [-0.1, -0.05) is 49.4 Å². The van der Waals surface area contributed by atoms with Crippen molar-refractivity contribution < 1.29 is 4.39 Å². The molecule has 1 aromatic rings. The van der Waals surface area contributed by atoms with E-state index in [2.05, 4.69) is 0 Å². The summed E-state index contributed by atoms with van der Waals surface area (Å²) in [6.45, 7) is 0.667. The highest BCUT2D eigenvalue weighted by atomic mass is 35.5. The van der Waals surface area contributed by atoms with Crippen LogP contribution in [0.2, 0.25) is 5.02 Å². The molecule has 0 bridgehead atoms. The summed E-state index contributed by atoms with van der Waals surface area (Å²) in [6, 6.07) is 5.07. The Hall–Kier alpha value is -0.600. The van der Waals surface area contributed by atoms with Crippen LogP contribution in [-0.4, -0.2) is 6.54 Å². The first-order chi connectivity index (χ1) is 8.67. The molecule has 3 heteroatoms. The summed E-state index contributed by atoms with van der Waals surface area (Å²) in [5.74, 6) is -0.324. The van der Waals surface area contributed by atoms with Gasteiger partial charge in [0, 0.05) is 0 Å². The average molecular weight is 270 g/mol. The zero-order chi connectivity index (χ0) is 13.0. The largest absolute Gasteiger partial charge is 0.330 e. The monoisotopic (exact) mass is 269 g/mol. The van der Waals surface area contributed by atoms with E-state index in [-0.39, 0.29) is 16.3 Å². The standard InChI is InChI=1S/C15H21ClFN/c16-14-12(6-5-7-13(14)17)10-15(11-18)8-3-1-2-4-9-15/h5-7H,1-4,8-11,18H2. The summed E-state index contributed by atoms with van der Waals surface area (Å²) >= 11 is 6.06. The lowest BCUT2D eigenvalue weighted by Gasteiger charge is -2.32. The second-order valence-corrected chi connectivity index (χ2v) is 5.89. The van der Waals surface area contributed by atoms with Crippen LogP contribution in [0.4, 0.5) is 4.39 Å². The molecule has 100 valence electrons. The Kier molecular flexibility index (Phi) is 4.63. The minimum atomic E-state index is -0.324. The molecule has 0 atom stereocenters. The van der Waals surface area contributed by atoms with Crippen LogP contribution in [0.25, 0.3) is 0 Å². The van der Waals surface area contributed by atoms with Gasteiger partial charge in [-0.2, -0.15) is 0 Å². The van der Waals surface area contributed by atoms with Gasteiger partial charge in [-0.15, -0.1) is 0 Å². The van der Waals surface area contributed by atoms with Gasteiger partial charge in [-0.05, 0) is 42.9 Å². The third kappa shape index (κ3) is 3.04.